The van der Waals surface area contributed by atoms with Crippen LogP contribution in [-0.4, -0.2) is 51.2 Å². The third-order valence-corrected chi connectivity index (χ3v) is 6.44. The summed E-state index contributed by atoms with van der Waals surface area (Å²) in [5, 5.41) is 14.6. The van der Waals surface area contributed by atoms with E-state index in [1.807, 2.05) is 58.0 Å². The predicted molar refractivity (Wildman–Crippen MR) is 113 cm³/mol. The van der Waals surface area contributed by atoms with Crippen LogP contribution >= 0.6 is 0 Å². The summed E-state index contributed by atoms with van der Waals surface area (Å²) < 4.78 is 9.13. The normalized spacial score (nSPS) is 23.2. The molecule has 2 aliphatic heterocycles. The summed E-state index contributed by atoms with van der Waals surface area (Å²) in [6.45, 7) is 2.55. The average molecular weight is 406 g/mol. The number of methoxy groups -OCH3 is 1. The highest BCUT2D eigenvalue weighted by molar-refractivity contribution is 5.46. The molecule has 0 unspecified atom stereocenters. The lowest BCUT2D eigenvalue weighted by Crippen LogP contribution is -2.50. The van der Waals surface area contributed by atoms with Crippen molar-refractivity contribution in [3.63, 3.8) is 0 Å². The van der Waals surface area contributed by atoms with E-state index in [0.29, 0.717) is 5.92 Å². The van der Waals surface area contributed by atoms with E-state index >= 15 is 0 Å². The first-order valence-corrected chi connectivity index (χ1v) is 10.4. The number of rotatable bonds is 5. The molecular weight excluding hydrogens is 380 g/mol. The summed E-state index contributed by atoms with van der Waals surface area (Å²) in [6, 6.07) is 13.1. The van der Waals surface area contributed by atoms with Gasteiger partial charge in [0.1, 0.15) is 11.4 Å². The van der Waals surface area contributed by atoms with Crippen molar-refractivity contribution >= 4 is 0 Å². The van der Waals surface area contributed by atoms with Gasteiger partial charge in [-0.25, -0.2) is 4.68 Å². The van der Waals surface area contributed by atoms with Crippen molar-refractivity contribution in [2.75, 3.05) is 26.8 Å². The van der Waals surface area contributed by atoms with Gasteiger partial charge in [0.05, 0.1) is 26.0 Å². The second-order valence-electron chi connectivity index (χ2n) is 8.26. The van der Waals surface area contributed by atoms with Crippen molar-refractivity contribution in [3.05, 3.63) is 76.5 Å². The van der Waals surface area contributed by atoms with Crippen LogP contribution in [0.5, 0.6) is 5.75 Å². The molecule has 1 aromatic carbocycles. The number of aliphatic hydroxyl groups excluding tert-OH is 1. The number of hydrogen-bond donors (Lipinski definition) is 1. The molecule has 0 saturated carbocycles. The molecule has 0 spiro atoms. The Labute approximate surface area is 175 Å². The fourth-order valence-electron chi connectivity index (χ4n) is 5.15. The van der Waals surface area contributed by atoms with Gasteiger partial charge in [-0.2, -0.15) is 5.10 Å². The second kappa shape index (κ2) is 7.74. The van der Waals surface area contributed by atoms with Crippen molar-refractivity contribution in [2.24, 2.45) is 5.92 Å². The Bertz CT molecular complexity index is 1110. The summed E-state index contributed by atoms with van der Waals surface area (Å²) in [6.07, 6.45) is 4.97. The minimum atomic E-state index is -0.149. The van der Waals surface area contributed by atoms with Crippen LogP contribution in [0.4, 0.5) is 0 Å². The van der Waals surface area contributed by atoms with Crippen LogP contribution in [0.3, 0.4) is 0 Å². The summed E-state index contributed by atoms with van der Waals surface area (Å²) >= 11 is 0. The van der Waals surface area contributed by atoms with Crippen LogP contribution in [0, 0.1) is 5.92 Å². The number of piperidine rings is 1. The Balaban J connectivity index is 1.38. The highest BCUT2D eigenvalue weighted by Gasteiger charge is 2.40. The molecular formula is C23H26N4O3. The number of ether oxygens (including phenoxy) is 1. The minimum absolute atomic E-state index is 0.00607. The molecule has 0 amide bonds. The van der Waals surface area contributed by atoms with Gasteiger partial charge in [0.25, 0.3) is 5.56 Å². The fraction of sp³-hybridized carbons (Fsp3) is 0.391. The number of pyridine rings is 1. The van der Waals surface area contributed by atoms with E-state index in [0.717, 1.165) is 48.7 Å². The van der Waals surface area contributed by atoms with Crippen LogP contribution < -0.4 is 10.3 Å². The smallest absolute Gasteiger partial charge is 0.251 e. The van der Waals surface area contributed by atoms with E-state index in [9.17, 15) is 9.90 Å². The molecule has 2 aliphatic rings. The maximum atomic E-state index is 12.4. The summed E-state index contributed by atoms with van der Waals surface area (Å²) in [4.78, 5) is 14.9. The highest BCUT2D eigenvalue weighted by Crippen LogP contribution is 2.41. The van der Waals surface area contributed by atoms with Crippen LogP contribution in [0.15, 0.2) is 59.7 Å². The van der Waals surface area contributed by atoms with Crippen LogP contribution in [-0.2, 0) is 6.54 Å². The Morgan fingerprint density at radius 1 is 1.17 bits per heavy atom. The van der Waals surface area contributed by atoms with Gasteiger partial charge in [0.2, 0.25) is 0 Å². The Morgan fingerprint density at radius 3 is 2.87 bits per heavy atom. The van der Waals surface area contributed by atoms with E-state index in [1.165, 1.54) is 0 Å². The van der Waals surface area contributed by atoms with Gasteiger partial charge in [0.15, 0.2) is 0 Å². The van der Waals surface area contributed by atoms with Gasteiger partial charge in [0, 0.05) is 49.1 Å². The van der Waals surface area contributed by atoms with Crippen LogP contribution in [0.2, 0.25) is 0 Å². The zero-order chi connectivity index (χ0) is 20.7. The molecule has 4 heterocycles. The first kappa shape index (κ1) is 19.1. The number of fused-ring (bicyclic) bond motifs is 4. The van der Waals surface area contributed by atoms with E-state index in [2.05, 4.69) is 10.00 Å². The number of aliphatic hydroxyl groups is 1. The number of para-hydroxylation sites is 2. The Hall–Kier alpha value is -2.90. The molecule has 1 saturated heterocycles. The van der Waals surface area contributed by atoms with E-state index in [-0.39, 0.29) is 24.1 Å². The molecule has 0 radical (unpaired) electrons. The molecule has 7 heteroatoms. The quantitative estimate of drug-likeness (QED) is 0.703. The number of benzene rings is 1. The van der Waals surface area contributed by atoms with E-state index in [1.54, 1.807) is 13.2 Å². The molecule has 0 aliphatic carbocycles. The first-order chi connectivity index (χ1) is 14.7. The second-order valence-corrected chi connectivity index (χ2v) is 8.26. The molecule has 1 fully saturated rings. The lowest BCUT2D eigenvalue weighted by molar-refractivity contribution is 0.0580. The number of hydrogen-bond acceptors (Lipinski definition) is 5. The van der Waals surface area contributed by atoms with Gasteiger partial charge in [-0.1, -0.05) is 18.2 Å². The molecule has 30 heavy (non-hydrogen) atoms. The maximum absolute atomic E-state index is 12.4. The fourth-order valence-corrected chi connectivity index (χ4v) is 5.15. The van der Waals surface area contributed by atoms with Gasteiger partial charge in [-0.3, -0.25) is 9.69 Å². The molecule has 7 nitrogen and oxygen atoms in total. The van der Waals surface area contributed by atoms with Crippen molar-refractivity contribution in [1.29, 1.82) is 0 Å². The largest absolute Gasteiger partial charge is 0.494 e. The van der Waals surface area contributed by atoms with Gasteiger partial charge in [-0.05, 0) is 30.5 Å². The Morgan fingerprint density at radius 2 is 2.03 bits per heavy atom. The summed E-state index contributed by atoms with van der Waals surface area (Å²) in [5.74, 6) is 1.36. The minimum Gasteiger partial charge on any atom is -0.494 e. The maximum Gasteiger partial charge on any atom is 0.251 e. The van der Waals surface area contributed by atoms with E-state index in [4.69, 9.17) is 4.74 Å². The highest BCUT2D eigenvalue weighted by atomic mass is 16.5. The lowest BCUT2D eigenvalue weighted by atomic mass is 9.78. The third-order valence-electron chi connectivity index (χ3n) is 6.44. The third kappa shape index (κ3) is 3.24. The zero-order valence-electron chi connectivity index (χ0n) is 17.0. The first-order valence-electron chi connectivity index (χ1n) is 10.4. The van der Waals surface area contributed by atoms with Crippen molar-refractivity contribution < 1.29 is 9.84 Å². The molecule has 3 atom stereocenters. The van der Waals surface area contributed by atoms with Gasteiger partial charge < -0.3 is 14.4 Å². The average Bonchev–Trinajstić information content (AvgIpc) is 3.23. The van der Waals surface area contributed by atoms with Crippen molar-refractivity contribution in [1.82, 2.24) is 19.2 Å². The topological polar surface area (TPSA) is 72.5 Å². The molecule has 156 valence electrons. The van der Waals surface area contributed by atoms with Gasteiger partial charge >= 0.3 is 0 Å². The number of likely N-dealkylation sites (tertiary alicyclic amines) is 1. The van der Waals surface area contributed by atoms with Crippen molar-refractivity contribution in [2.45, 2.75) is 24.9 Å². The molecule has 3 aromatic rings. The standard InChI is InChI=1S/C23H26N4O3/c1-30-22-7-3-2-5-20(22)26-12-16(10-24-26)11-25-13-17-9-18(14-25)21(15-28)27-19(17)6-4-8-23(27)29/h2-8,10,12,17-18,21,28H,9,11,13-15H2,1H3/t17-,18+,21+/m1/s1. The molecule has 1 N–H and O–H groups in total. The number of nitrogens with zero attached hydrogens (tertiary/aromatic N) is 4. The Kier molecular flexibility index (Phi) is 4.92. The van der Waals surface area contributed by atoms with Crippen LogP contribution in [0.1, 0.15) is 29.6 Å². The van der Waals surface area contributed by atoms with Crippen molar-refractivity contribution in [3.8, 4) is 11.4 Å². The SMILES string of the molecule is COc1ccccc1-n1cc(CN2C[C@H]3C[C@@H](C2)[C@H](CO)n2c3cccc2=O)cn1. The lowest BCUT2D eigenvalue weighted by Gasteiger charge is -2.46. The monoisotopic (exact) mass is 406 g/mol. The van der Waals surface area contributed by atoms with Gasteiger partial charge in [-0.15, -0.1) is 0 Å². The zero-order valence-corrected chi connectivity index (χ0v) is 17.0. The molecule has 2 bridgehead atoms. The summed E-state index contributed by atoms with van der Waals surface area (Å²) in [5.41, 5.74) is 3.09. The van der Waals surface area contributed by atoms with Crippen LogP contribution in [0.25, 0.3) is 5.69 Å². The number of aromatic nitrogens is 3. The molecule has 2 aromatic heterocycles. The molecule has 5 rings (SSSR count). The van der Waals surface area contributed by atoms with E-state index < -0.39 is 0 Å². The predicted octanol–water partition coefficient (Wildman–Crippen LogP) is 2.20. The summed E-state index contributed by atoms with van der Waals surface area (Å²) in [7, 11) is 1.66.